The molecule has 2 amide bonds. The van der Waals surface area contributed by atoms with Gasteiger partial charge in [0.25, 0.3) is 0 Å². The number of nitrogens with one attached hydrogen (secondary N) is 1. The molecule has 1 aliphatic heterocycles. The number of carbonyl (C=O) groups excluding carboxylic acids is 3. The minimum absolute atomic E-state index is 0.0385. The van der Waals surface area contributed by atoms with Crippen LogP contribution in [0.3, 0.4) is 0 Å². The highest BCUT2D eigenvalue weighted by atomic mass is 16.5. The zero-order valence-corrected chi connectivity index (χ0v) is 14.2. The second-order valence-electron chi connectivity index (χ2n) is 5.96. The van der Waals surface area contributed by atoms with Gasteiger partial charge in [-0.1, -0.05) is 6.92 Å². The van der Waals surface area contributed by atoms with E-state index in [9.17, 15) is 14.4 Å². The van der Waals surface area contributed by atoms with Crippen molar-refractivity contribution in [1.29, 1.82) is 0 Å². The molecular weight excluding hydrogens is 308 g/mol. The average Bonchev–Trinajstić information content (AvgIpc) is 2.62. The summed E-state index contributed by atoms with van der Waals surface area (Å²) in [6.45, 7) is 3.26. The molecule has 24 heavy (non-hydrogen) atoms. The van der Waals surface area contributed by atoms with E-state index in [1.165, 1.54) is 7.11 Å². The predicted octanol–water partition coefficient (Wildman–Crippen LogP) is 2.45. The largest absolute Gasteiger partial charge is 0.465 e. The lowest BCUT2D eigenvalue weighted by Gasteiger charge is -2.31. The van der Waals surface area contributed by atoms with Gasteiger partial charge in [-0.05, 0) is 43.5 Å². The second kappa shape index (κ2) is 8.47. The van der Waals surface area contributed by atoms with Crippen molar-refractivity contribution in [3.05, 3.63) is 29.8 Å². The molecule has 1 fully saturated rings. The van der Waals surface area contributed by atoms with Crippen molar-refractivity contribution in [3.63, 3.8) is 0 Å². The third-order valence-corrected chi connectivity index (χ3v) is 4.26. The van der Waals surface area contributed by atoms with Crippen LogP contribution < -0.4 is 5.32 Å². The maximum Gasteiger partial charge on any atom is 0.337 e. The number of hydrogen-bond donors (Lipinski definition) is 1. The molecular formula is C18H24N2O4. The zero-order chi connectivity index (χ0) is 17.5. The maximum atomic E-state index is 12.3. The highest BCUT2D eigenvalue weighted by Gasteiger charge is 2.26. The fourth-order valence-electron chi connectivity index (χ4n) is 2.81. The van der Waals surface area contributed by atoms with E-state index in [-0.39, 0.29) is 17.7 Å². The van der Waals surface area contributed by atoms with E-state index >= 15 is 0 Å². The van der Waals surface area contributed by atoms with Crippen LogP contribution in [0.15, 0.2) is 24.3 Å². The Morgan fingerprint density at radius 1 is 1.17 bits per heavy atom. The lowest BCUT2D eigenvalue weighted by atomic mass is 9.95. The zero-order valence-electron chi connectivity index (χ0n) is 14.2. The molecule has 1 aromatic rings. The molecule has 0 atom stereocenters. The van der Waals surface area contributed by atoms with Gasteiger partial charge < -0.3 is 15.0 Å². The first-order valence-electron chi connectivity index (χ1n) is 8.32. The number of amides is 2. The molecule has 2 rings (SSSR count). The molecule has 0 unspecified atom stereocenters. The monoisotopic (exact) mass is 332 g/mol. The van der Waals surface area contributed by atoms with Crippen molar-refractivity contribution in [2.24, 2.45) is 5.92 Å². The first-order chi connectivity index (χ1) is 11.5. The Labute approximate surface area is 142 Å². The van der Waals surface area contributed by atoms with E-state index in [0.29, 0.717) is 43.6 Å². The molecule has 1 aliphatic rings. The quantitative estimate of drug-likeness (QED) is 0.840. The summed E-state index contributed by atoms with van der Waals surface area (Å²) < 4.78 is 4.64. The third kappa shape index (κ3) is 4.57. The van der Waals surface area contributed by atoms with Crippen molar-refractivity contribution in [2.75, 3.05) is 25.5 Å². The number of hydrogen-bond acceptors (Lipinski definition) is 4. The van der Waals surface area contributed by atoms with Crippen LogP contribution in [0.5, 0.6) is 0 Å². The second-order valence-corrected chi connectivity index (χ2v) is 5.96. The Bertz CT molecular complexity index is 590. The maximum absolute atomic E-state index is 12.3. The third-order valence-electron chi connectivity index (χ3n) is 4.26. The van der Waals surface area contributed by atoms with Crippen LogP contribution in [0.1, 0.15) is 43.0 Å². The molecule has 1 heterocycles. The van der Waals surface area contributed by atoms with Crippen LogP contribution in [-0.2, 0) is 14.3 Å². The number of rotatable bonds is 5. The van der Waals surface area contributed by atoms with E-state index in [2.05, 4.69) is 10.1 Å². The van der Waals surface area contributed by atoms with Gasteiger partial charge in [0.1, 0.15) is 0 Å². The first kappa shape index (κ1) is 18.0. The Morgan fingerprint density at radius 2 is 1.79 bits per heavy atom. The fraction of sp³-hybridized carbons (Fsp3) is 0.500. The number of anilines is 1. The van der Waals surface area contributed by atoms with Crippen LogP contribution in [0, 0.1) is 5.92 Å². The fourth-order valence-corrected chi connectivity index (χ4v) is 2.81. The summed E-state index contributed by atoms with van der Waals surface area (Å²) in [6.07, 6.45) is 2.79. The molecule has 0 bridgehead atoms. The van der Waals surface area contributed by atoms with Gasteiger partial charge in [-0.25, -0.2) is 4.79 Å². The van der Waals surface area contributed by atoms with E-state index in [1.54, 1.807) is 24.3 Å². The number of carbonyl (C=O) groups is 3. The summed E-state index contributed by atoms with van der Waals surface area (Å²) in [5.41, 5.74) is 1.09. The Balaban J connectivity index is 1.85. The number of nitrogens with zero attached hydrogens (tertiary/aromatic N) is 1. The Hall–Kier alpha value is -2.37. The molecule has 0 radical (unpaired) electrons. The molecule has 130 valence electrons. The summed E-state index contributed by atoms with van der Waals surface area (Å²) in [7, 11) is 1.33. The molecule has 0 aromatic heterocycles. The van der Waals surface area contributed by atoms with Crippen molar-refractivity contribution in [3.8, 4) is 0 Å². The van der Waals surface area contributed by atoms with Gasteiger partial charge in [0, 0.05) is 31.1 Å². The average molecular weight is 332 g/mol. The molecule has 0 saturated carbocycles. The van der Waals surface area contributed by atoms with Gasteiger partial charge in [-0.3, -0.25) is 9.59 Å². The van der Waals surface area contributed by atoms with Gasteiger partial charge in [-0.2, -0.15) is 0 Å². The summed E-state index contributed by atoms with van der Waals surface area (Å²) in [6, 6.07) is 6.61. The van der Waals surface area contributed by atoms with Crippen LogP contribution in [0.2, 0.25) is 0 Å². The topological polar surface area (TPSA) is 75.7 Å². The number of likely N-dealkylation sites (tertiary alicyclic amines) is 1. The molecule has 6 heteroatoms. The molecule has 6 nitrogen and oxygen atoms in total. The number of esters is 1. The van der Waals surface area contributed by atoms with E-state index < -0.39 is 5.97 Å². The summed E-state index contributed by atoms with van der Waals surface area (Å²) >= 11 is 0. The van der Waals surface area contributed by atoms with Crippen LogP contribution in [-0.4, -0.2) is 42.9 Å². The van der Waals surface area contributed by atoms with Crippen molar-refractivity contribution < 1.29 is 19.1 Å². The molecule has 0 spiro atoms. The molecule has 1 N–H and O–H groups in total. The minimum atomic E-state index is -0.406. The summed E-state index contributed by atoms with van der Waals surface area (Å²) in [5.74, 6) is -0.355. The normalized spacial score (nSPS) is 15.0. The summed E-state index contributed by atoms with van der Waals surface area (Å²) in [4.78, 5) is 37.4. The lowest BCUT2D eigenvalue weighted by Crippen LogP contribution is -2.41. The molecule has 1 saturated heterocycles. The SMILES string of the molecule is CCCC(=O)N1CCC(C(=O)Nc2ccc(C(=O)OC)cc2)CC1. The first-order valence-corrected chi connectivity index (χ1v) is 8.32. The highest BCUT2D eigenvalue weighted by Crippen LogP contribution is 2.20. The predicted molar refractivity (Wildman–Crippen MR) is 90.6 cm³/mol. The van der Waals surface area contributed by atoms with Gasteiger partial charge >= 0.3 is 5.97 Å². The number of piperidine rings is 1. The number of benzene rings is 1. The summed E-state index contributed by atoms with van der Waals surface area (Å²) in [5, 5.41) is 2.87. The number of ether oxygens (including phenoxy) is 1. The van der Waals surface area contributed by atoms with E-state index in [1.807, 2.05) is 11.8 Å². The number of methoxy groups -OCH3 is 1. The van der Waals surface area contributed by atoms with Crippen molar-refractivity contribution >= 4 is 23.5 Å². The van der Waals surface area contributed by atoms with E-state index in [4.69, 9.17) is 0 Å². The van der Waals surface area contributed by atoms with Crippen molar-refractivity contribution in [1.82, 2.24) is 4.90 Å². The lowest BCUT2D eigenvalue weighted by molar-refractivity contribution is -0.134. The van der Waals surface area contributed by atoms with Gasteiger partial charge in [0.05, 0.1) is 12.7 Å². The van der Waals surface area contributed by atoms with Crippen LogP contribution in [0.25, 0.3) is 0 Å². The van der Waals surface area contributed by atoms with Crippen LogP contribution in [0.4, 0.5) is 5.69 Å². The minimum Gasteiger partial charge on any atom is -0.465 e. The standard InChI is InChI=1S/C18H24N2O4/c1-3-4-16(21)20-11-9-13(10-12-20)17(22)19-15-7-5-14(6-8-15)18(23)24-2/h5-8,13H,3-4,9-12H2,1-2H3,(H,19,22). The van der Waals surface area contributed by atoms with Crippen LogP contribution >= 0.6 is 0 Å². The Kier molecular flexibility index (Phi) is 6.35. The van der Waals surface area contributed by atoms with Gasteiger partial charge in [-0.15, -0.1) is 0 Å². The smallest absolute Gasteiger partial charge is 0.337 e. The van der Waals surface area contributed by atoms with Gasteiger partial charge in [0.2, 0.25) is 11.8 Å². The van der Waals surface area contributed by atoms with Gasteiger partial charge in [0.15, 0.2) is 0 Å². The Morgan fingerprint density at radius 3 is 2.33 bits per heavy atom. The van der Waals surface area contributed by atoms with E-state index in [0.717, 1.165) is 6.42 Å². The van der Waals surface area contributed by atoms with Crippen molar-refractivity contribution in [2.45, 2.75) is 32.6 Å². The molecule has 0 aliphatic carbocycles. The molecule has 1 aromatic carbocycles. The highest BCUT2D eigenvalue weighted by molar-refractivity contribution is 5.94.